The molecule has 3 N–H and O–H groups in total. The summed E-state index contributed by atoms with van der Waals surface area (Å²) >= 11 is 0. The number of ether oxygens (including phenoxy) is 1. The van der Waals surface area contributed by atoms with E-state index in [-0.39, 0.29) is 11.9 Å². The van der Waals surface area contributed by atoms with Gasteiger partial charge in [0.1, 0.15) is 0 Å². The third-order valence-corrected chi connectivity index (χ3v) is 3.52. The molecule has 1 atom stereocenters. The van der Waals surface area contributed by atoms with Crippen LogP contribution in [0.3, 0.4) is 0 Å². The van der Waals surface area contributed by atoms with E-state index in [9.17, 15) is 4.79 Å². The minimum atomic E-state index is -0.0613. The van der Waals surface area contributed by atoms with Crippen molar-refractivity contribution in [1.29, 1.82) is 0 Å². The molecule has 0 fully saturated rings. The molecule has 110 valence electrons. The average molecular weight is 277 g/mol. The first-order valence-corrected chi connectivity index (χ1v) is 7.04. The molecule has 5 heteroatoms. The van der Waals surface area contributed by atoms with Gasteiger partial charge in [0, 0.05) is 20.2 Å². The number of carbonyl (C=O) groups is 1. The topological polar surface area (TPSA) is 62.4 Å². The van der Waals surface area contributed by atoms with E-state index < -0.39 is 0 Å². The highest BCUT2D eigenvalue weighted by atomic mass is 16.5. The Morgan fingerprint density at radius 2 is 2.10 bits per heavy atom. The van der Waals surface area contributed by atoms with E-state index in [1.54, 1.807) is 7.11 Å². The van der Waals surface area contributed by atoms with Gasteiger partial charge >= 0.3 is 0 Å². The van der Waals surface area contributed by atoms with Crippen molar-refractivity contribution in [3.63, 3.8) is 0 Å². The average Bonchev–Trinajstić information content (AvgIpc) is 2.46. The predicted octanol–water partition coefficient (Wildman–Crippen LogP) is 1.92. The van der Waals surface area contributed by atoms with E-state index >= 15 is 0 Å². The van der Waals surface area contributed by atoms with Gasteiger partial charge in [-0.3, -0.25) is 4.79 Å². The van der Waals surface area contributed by atoms with Gasteiger partial charge in [-0.15, -0.1) is 0 Å². The first kappa shape index (κ1) is 14.7. The number of carbonyl (C=O) groups excluding carboxylic acids is 1. The fourth-order valence-corrected chi connectivity index (χ4v) is 2.29. The predicted molar refractivity (Wildman–Crippen MR) is 81.4 cm³/mol. The summed E-state index contributed by atoms with van der Waals surface area (Å²) in [6, 6.07) is 5.74. The minimum Gasteiger partial charge on any atom is -0.383 e. The lowest BCUT2D eigenvalue weighted by molar-refractivity contribution is 0.0867. The third-order valence-electron chi connectivity index (χ3n) is 3.52. The number of hydrogen-bond donors (Lipinski definition) is 3. The maximum atomic E-state index is 12.5. The molecule has 0 bridgehead atoms. The van der Waals surface area contributed by atoms with Gasteiger partial charge in [0.25, 0.3) is 5.91 Å². The molecule has 0 saturated carbocycles. The summed E-state index contributed by atoms with van der Waals surface area (Å²) in [7, 11) is 1.65. The summed E-state index contributed by atoms with van der Waals surface area (Å²) in [5, 5.41) is 9.64. The van der Waals surface area contributed by atoms with E-state index in [0.29, 0.717) is 18.1 Å². The van der Waals surface area contributed by atoms with Crippen LogP contribution >= 0.6 is 0 Å². The molecule has 1 aromatic rings. The highest BCUT2D eigenvalue weighted by Gasteiger charge is 2.21. The molecule has 2 rings (SSSR count). The molecular weight excluding hydrogens is 254 g/mol. The third kappa shape index (κ3) is 3.22. The van der Waals surface area contributed by atoms with Crippen LogP contribution in [0.4, 0.5) is 11.4 Å². The Hall–Kier alpha value is -1.75. The molecule has 1 aliphatic heterocycles. The number of amides is 1. The maximum absolute atomic E-state index is 12.5. The first-order valence-electron chi connectivity index (χ1n) is 7.04. The number of nitrogens with one attached hydrogen (secondary N) is 3. The Bertz CT molecular complexity index is 474. The molecular formula is C15H23N3O2. The standard InChI is InChI=1S/C15H23N3O2/c1-10(2)13(9-20-3)18-15(19)11-5-4-6-12-14(11)17-8-7-16-12/h4-6,10,13,16-17H,7-9H2,1-3H3,(H,18,19). The zero-order valence-electron chi connectivity index (χ0n) is 12.3. The first-order chi connectivity index (χ1) is 9.63. The minimum absolute atomic E-state index is 0.0138. The molecule has 0 aliphatic carbocycles. The van der Waals surface area contributed by atoms with Crippen molar-refractivity contribution in [1.82, 2.24) is 5.32 Å². The summed E-state index contributed by atoms with van der Waals surface area (Å²) in [5.74, 6) is 0.262. The van der Waals surface area contributed by atoms with Crippen molar-refractivity contribution in [3.05, 3.63) is 23.8 Å². The van der Waals surface area contributed by atoms with Gasteiger partial charge < -0.3 is 20.7 Å². The van der Waals surface area contributed by atoms with E-state index in [1.165, 1.54) is 0 Å². The molecule has 1 heterocycles. The lowest BCUT2D eigenvalue weighted by Gasteiger charge is -2.25. The number of rotatable bonds is 5. The van der Waals surface area contributed by atoms with Crippen molar-refractivity contribution < 1.29 is 9.53 Å². The van der Waals surface area contributed by atoms with Crippen molar-refractivity contribution in [2.45, 2.75) is 19.9 Å². The lowest BCUT2D eigenvalue weighted by atomic mass is 10.0. The molecule has 1 aliphatic rings. The molecule has 1 aromatic carbocycles. The number of hydrogen-bond acceptors (Lipinski definition) is 4. The number of anilines is 2. The Kier molecular flexibility index (Phi) is 4.84. The SMILES string of the molecule is COCC(NC(=O)c1cccc2c1NCCN2)C(C)C. The molecule has 0 radical (unpaired) electrons. The summed E-state index contributed by atoms with van der Waals surface area (Å²) in [4.78, 5) is 12.5. The molecule has 1 unspecified atom stereocenters. The number of para-hydroxylation sites is 1. The van der Waals surface area contributed by atoms with Crippen molar-refractivity contribution in [2.75, 3.05) is 37.4 Å². The normalized spacial score (nSPS) is 15.0. The van der Waals surface area contributed by atoms with Crippen molar-refractivity contribution in [3.8, 4) is 0 Å². The van der Waals surface area contributed by atoms with Crippen LogP contribution in [0.2, 0.25) is 0 Å². The quantitative estimate of drug-likeness (QED) is 0.769. The number of fused-ring (bicyclic) bond motifs is 1. The molecule has 20 heavy (non-hydrogen) atoms. The monoisotopic (exact) mass is 277 g/mol. The summed E-state index contributed by atoms with van der Waals surface area (Å²) in [6.07, 6.45) is 0. The van der Waals surface area contributed by atoms with Gasteiger partial charge in [0.2, 0.25) is 0 Å². The second-order valence-corrected chi connectivity index (χ2v) is 5.36. The number of benzene rings is 1. The highest BCUT2D eigenvalue weighted by molar-refractivity contribution is 6.02. The van der Waals surface area contributed by atoms with Crippen molar-refractivity contribution in [2.24, 2.45) is 5.92 Å². The van der Waals surface area contributed by atoms with E-state index in [4.69, 9.17) is 4.74 Å². The molecule has 1 amide bonds. The van der Waals surface area contributed by atoms with Crippen LogP contribution in [0.25, 0.3) is 0 Å². The van der Waals surface area contributed by atoms with Gasteiger partial charge in [0.15, 0.2) is 0 Å². The van der Waals surface area contributed by atoms with Crippen LogP contribution in [0.15, 0.2) is 18.2 Å². The largest absolute Gasteiger partial charge is 0.383 e. The van der Waals surface area contributed by atoms with Gasteiger partial charge in [-0.1, -0.05) is 19.9 Å². The smallest absolute Gasteiger partial charge is 0.253 e. The second-order valence-electron chi connectivity index (χ2n) is 5.36. The Morgan fingerprint density at radius 1 is 1.35 bits per heavy atom. The van der Waals surface area contributed by atoms with Gasteiger partial charge in [-0.05, 0) is 18.1 Å². The maximum Gasteiger partial charge on any atom is 0.253 e. The molecule has 0 saturated heterocycles. The van der Waals surface area contributed by atoms with E-state index in [2.05, 4.69) is 29.8 Å². The fraction of sp³-hybridized carbons (Fsp3) is 0.533. The van der Waals surface area contributed by atoms with E-state index in [0.717, 1.165) is 24.5 Å². The second kappa shape index (κ2) is 6.61. The molecule has 0 aromatic heterocycles. The van der Waals surface area contributed by atoms with Crippen molar-refractivity contribution >= 4 is 17.3 Å². The van der Waals surface area contributed by atoms with E-state index in [1.807, 2.05) is 18.2 Å². The zero-order valence-corrected chi connectivity index (χ0v) is 12.3. The van der Waals surface area contributed by atoms with Crippen LogP contribution in [0.5, 0.6) is 0 Å². The van der Waals surface area contributed by atoms with Crippen LogP contribution in [-0.4, -0.2) is 38.8 Å². The molecule has 5 nitrogen and oxygen atoms in total. The van der Waals surface area contributed by atoms with Gasteiger partial charge in [-0.2, -0.15) is 0 Å². The highest BCUT2D eigenvalue weighted by Crippen LogP contribution is 2.28. The van der Waals surface area contributed by atoms with Gasteiger partial charge in [-0.25, -0.2) is 0 Å². The summed E-state index contributed by atoms with van der Waals surface area (Å²) in [6.45, 7) is 6.36. The van der Waals surface area contributed by atoms with Crippen LogP contribution in [-0.2, 0) is 4.74 Å². The lowest BCUT2D eigenvalue weighted by Crippen LogP contribution is -2.42. The van der Waals surface area contributed by atoms with Crippen LogP contribution < -0.4 is 16.0 Å². The zero-order chi connectivity index (χ0) is 14.5. The number of methoxy groups -OCH3 is 1. The van der Waals surface area contributed by atoms with Gasteiger partial charge in [0.05, 0.1) is 29.6 Å². The Morgan fingerprint density at radius 3 is 2.80 bits per heavy atom. The fourth-order valence-electron chi connectivity index (χ4n) is 2.29. The summed E-state index contributed by atoms with van der Waals surface area (Å²) < 4.78 is 5.17. The molecule has 0 spiro atoms. The van der Waals surface area contributed by atoms with Crippen LogP contribution in [0, 0.1) is 5.92 Å². The summed E-state index contributed by atoms with van der Waals surface area (Å²) in [5.41, 5.74) is 2.55. The Labute approximate surface area is 120 Å². The Balaban J connectivity index is 2.16. The van der Waals surface area contributed by atoms with Crippen LogP contribution in [0.1, 0.15) is 24.2 Å².